The fourth-order valence-corrected chi connectivity index (χ4v) is 6.65. The molecule has 1 aromatic heterocycles. The van der Waals surface area contributed by atoms with Gasteiger partial charge in [0.05, 0.1) is 28.1 Å². The highest BCUT2D eigenvalue weighted by Gasteiger charge is 2.31. The maximum absolute atomic E-state index is 13.4. The van der Waals surface area contributed by atoms with Gasteiger partial charge >= 0.3 is 11.8 Å². The first-order valence-electron chi connectivity index (χ1n) is 13.2. The quantitative estimate of drug-likeness (QED) is 0.396. The lowest BCUT2D eigenvalue weighted by Crippen LogP contribution is -2.42. The van der Waals surface area contributed by atoms with Crippen LogP contribution in [0.2, 0.25) is 5.02 Å². The van der Waals surface area contributed by atoms with Crippen LogP contribution in [0.3, 0.4) is 0 Å². The number of hydrogen-bond acceptors (Lipinski definition) is 7. The molecule has 222 valence electrons. The van der Waals surface area contributed by atoms with Crippen LogP contribution in [-0.2, 0) is 27.7 Å². The monoisotopic (exact) mass is 668 g/mol. The van der Waals surface area contributed by atoms with Crippen LogP contribution in [0.1, 0.15) is 45.2 Å². The molecule has 3 aromatic rings. The molecule has 1 fully saturated rings. The van der Waals surface area contributed by atoms with Crippen LogP contribution in [-0.4, -0.2) is 71.4 Å². The highest BCUT2D eigenvalue weighted by Crippen LogP contribution is 2.26. The number of rotatable bonds is 7. The second-order valence-electron chi connectivity index (χ2n) is 11.2. The summed E-state index contributed by atoms with van der Waals surface area (Å²) in [6.07, 6.45) is 0.434. The molecule has 0 spiro atoms. The molecule has 1 aliphatic rings. The van der Waals surface area contributed by atoms with Gasteiger partial charge in [0.15, 0.2) is 9.84 Å². The number of carbonyl (C=O) groups excluding carboxylic acids is 1. The highest BCUT2D eigenvalue weighted by atomic mass is 79.9. The number of benzene rings is 2. The summed E-state index contributed by atoms with van der Waals surface area (Å²) < 4.78 is 32.4. The van der Waals surface area contributed by atoms with Crippen LogP contribution in [0, 0.1) is 0 Å². The van der Waals surface area contributed by atoms with Gasteiger partial charge in [-0.25, -0.2) is 18.0 Å². The number of fused-ring (bicyclic) bond motifs is 1. The van der Waals surface area contributed by atoms with Crippen molar-refractivity contribution >= 4 is 54.4 Å². The Morgan fingerprint density at radius 1 is 1.17 bits per heavy atom. The Kier molecular flexibility index (Phi) is 9.08. The van der Waals surface area contributed by atoms with Gasteiger partial charge in [-0.2, -0.15) is 0 Å². The molecule has 1 amide bonds. The third kappa shape index (κ3) is 7.04. The fourth-order valence-electron chi connectivity index (χ4n) is 4.88. The lowest BCUT2D eigenvalue weighted by atomic mass is 10.1. The van der Waals surface area contributed by atoms with Crippen molar-refractivity contribution in [1.82, 2.24) is 19.4 Å². The van der Waals surface area contributed by atoms with E-state index in [1.807, 2.05) is 20.8 Å². The zero-order chi connectivity index (χ0) is 30.3. The molecule has 2 heterocycles. The fraction of sp³-hybridized carbons (Fsp3) is 0.464. The molecular weight excluding hydrogens is 636 g/mol. The smallest absolute Gasteiger partial charge is 0.410 e. The summed E-state index contributed by atoms with van der Waals surface area (Å²) in [6, 6.07) is 7.77. The van der Waals surface area contributed by atoms with Gasteiger partial charge in [-0.3, -0.25) is 14.3 Å². The van der Waals surface area contributed by atoms with Crippen molar-refractivity contribution in [3.63, 3.8) is 0 Å². The number of carbonyl (C=O) groups is 1. The lowest BCUT2D eigenvalue weighted by Gasteiger charge is -2.28. The van der Waals surface area contributed by atoms with Crippen molar-refractivity contribution in [3.8, 4) is 0 Å². The summed E-state index contributed by atoms with van der Waals surface area (Å²) in [5.41, 5.74) is -0.256. The van der Waals surface area contributed by atoms with Gasteiger partial charge in [-0.05, 0) is 68.7 Å². The van der Waals surface area contributed by atoms with Crippen LogP contribution in [0.15, 0.2) is 49.3 Å². The van der Waals surface area contributed by atoms with E-state index in [1.54, 1.807) is 24.1 Å². The Bertz CT molecular complexity index is 1710. The largest absolute Gasteiger partial charge is 0.444 e. The molecule has 0 aliphatic carbocycles. The van der Waals surface area contributed by atoms with E-state index in [2.05, 4.69) is 25.8 Å². The minimum atomic E-state index is -3.61. The van der Waals surface area contributed by atoms with Crippen molar-refractivity contribution in [2.24, 2.45) is 0 Å². The zero-order valence-electron chi connectivity index (χ0n) is 23.7. The molecule has 10 nitrogen and oxygen atoms in total. The average molecular weight is 670 g/mol. The number of likely N-dealkylation sites (N-methyl/N-ethyl adjacent to an activating group) is 1. The topological polar surface area (TPSA) is 122 Å². The molecule has 2 aromatic carbocycles. The van der Waals surface area contributed by atoms with Gasteiger partial charge in [0.25, 0.3) is 5.56 Å². The van der Waals surface area contributed by atoms with Crippen LogP contribution >= 0.6 is 27.5 Å². The third-order valence-electron chi connectivity index (χ3n) is 7.09. The second kappa shape index (κ2) is 11.9. The average Bonchev–Trinajstić information content (AvgIpc) is 3.34. The van der Waals surface area contributed by atoms with Gasteiger partial charge in [-0.15, -0.1) is 0 Å². The summed E-state index contributed by atoms with van der Waals surface area (Å²) in [6.45, 7) is 8.74. The number of nitrogens with one attached hydrogen (secondary N) is 1. The van der Waals surface area contributed by atoms with Crippen LogP contribution in [0.25, 0.3) is 10.9 Å². The van der Waals surface area contributed by atoms with Gasteiger partial charge in [0, 0.05) is 42.2 Å². The van der Waals surface area contributed by atoms with Crippen molar-refractivity contribution in [3.05, 3.63) is 71.8 Å². The summed E-state index contributed by atoms with van der Waals surface area (Å²) in [4.78, 5) is 45.6. The van der Waals surface area contributed by atoms with E-state index in [4.69, 9.17) is 16.3 Å². The number of ether oxygens (including phenoxy) is 1. The first-order chi connectivity index (χ1) is 19.1. The second-order valence-corrected chi connectivity index (χ2v) is 14.8. The van der Waals surface area contributed by atoms with Gasteiger partial charge in [-0.1, -0.05) is 34.5 Å². The molecule has 4 rings (SSSR count). The molecule has 1 aliphatic heterocycles. The van der Waals surface area contributed by atoms with E-state index in [-0.39, 0.29) is 40.3 Å². The maximum atomic E-state index is 13.4. The first-order valence-corrected chi connectivity index (χ1v) is 16.1. The minimum absolute atomic E-state index is 0.00370. The van der Waals surface area contributed by atoms with E-state index >= 15 is 0 Å². The molecular formula is C28H34BrClN4O6S. The predicted molar refractivity (Wildman–Crippen MR) is 162 cm³/mol. The standard InChI is InChI=1S/C28H34BrClN4O6S/c1-6-41(38,39)24-8-7-19(30)11-18(24)15-34-25(35)21-13-22(29)17(12-23(21)31-26(34)36)14-33-10-9-20(16-33)32(5)27(37)40-28(2,3)4/h7-8,11-13,20H,6,9-10,14-16H2,1-5H3,(H,31,36)/t20-/m1/s1. The summed E-state index contributed by atoms with van der Waals surface area (Å²) in [7, 11) is -1.86. The number of likely N-dealkylation sites (tertiary alicyclic amines) is 1. The number of nitrogens with zero attached hydrogens (tertiary/aromatic N) is 3. The number of H-pyrrole nitrogens is 1. The molecule has 0 unspecified atom stereocenters. The Morgan fingerprint density at radius 3 is 2.54 bits per heavy atom. The van der Waals surface area contributed by atoms with Gasteiger partial charge in [0.1, 0.15) is 5.60 Å². The Balaban J connectivity index is 1.59. The van der Waals surface area contributed by atoms with Crippen LogP contribution in [0.4, 0.5) is 4.79 Å². The number of aromatic amines is 1. The Labute approximate surface area is 252 Å². The third-order valence-corrected chi connectivity index (χ3v) is 9.89. The Morgan fingerprint density at radius 2 is 1.88 bits per heavy atom. The number of sulfone groups is 1. The van der Waals surface area contributed by atoms with Crippen molar-refractivity contribution in [1.29, 1.82) is 0 Å². The Hall–Kier alpha value is -2.67. The van der Waals surface area contributed by atoms with E-state index in [9.17, 15) is 22.8 Å². The molecule has 1 N–H and O–H groups in total. The van der Waals surface area contributed by atoms with E-state index in [0.717, 1.165) is 23.1 Å². The van der Waals surface area contributed by atoms with Crippen molar-refractivity contribution in [2.45, 2.75) is 63.7 Å². The highest BCUT2D eigenvalue weighted by molar-refractivity contribution is 9.10. The summed E-state index contributed by atoms with van der Waals surface area (Å²) in [5, 5.41) is 0.584. The maximum Gasteiger partial charge on any atom is 0.410 e. The molecule has 13 heteroatoms. The zero-order valence-corrected chi connectivity index (χ0v) is 26.8. The van der Waals surface area contributed by atoms with E-state index in [0.29, 0.717) is 28.1 Å². The number of amides is 1. The molecule has 0 bridgehead atoms. The molecule has 1 saturated heterocycles. The first kappa shape index (κ1) is 31.3. The van der Waals surface area contributed by atoms with Gasteiger partial charge in [0.2, 0.25) is 0 Å². The predicted octanol–water partition coefficient (Wildman–Crippen LogP) is 4.39. The van der Waals surface area contributed by atoms with E-state index < -0.39 is 26.7 Å². The van der Waals surface area contributed by atoms with E-state index in [1.165, 1.54) is 25.1 Å². The lowest BCUT2D eigenvalue weighted by molar-refractivity contribution is 0.0228. The van der Waals surface area contributed by atoms with Crippen molar-refractivity contribution in [2.75, 3.05) is 25.9 Å². The molecule has 0 saturated carbocycles. The minimum Gasteiger partial charge on any atom is -0.444 e. The van der Waals surface area contributed by atoms with Crippen LogP contribution < -0.4 is 11.2 Å². The SMILES string of the molecule is CCS(=O)(=O)c1ccc(Cl)cc1Cn1c(=O)[nH]c2cc(CN3CC[C@@H](N(C)C(=O)OC(C)(C)C)C3)c(Br)cc2c1=O. The van der Waals surface area contributed by atoms with Gasteiger partial charge < -0.3 is 14.6 Å². The molecule has 41 heavy (non-hydrogen) atoms. The number of aromatic nitrogens is 2. The molecule has 1 atom stereocenters. The summed E-state index contributed by atoms with van der Waals surface area (Å²) in [5.74, 6) is -0.130. The summed E-state index contributed by atoms with van der Waals surface area (Å²) >= 11 is 9.70. The number of hydrogen-bond donors (Lipinski definition) is 1. The number of halogens is 2. The van der Waals surface area contributed by atoms with Crippen molar-refractivity contribution < 1.29 is 17.9 Å². The molecule has 0 radical (unpaired) electrons. The van der Waals surface area contributed by atoms with Crippen LogP contribution in [0.5, 0.6) is 0 Å². The normalized spacial score (nSPS) is 16.3.